The van der Waals surface area contributed by atoms with Crippen molar-refractivity contribution in [2.24, 2.45) is 5.92 Å². The highest BCUT2D eigenvalue weighted by Crippen LogP contribution is 2.42. The molecule has 3 rings (SSSR count). The Bertz CT molecular complexity index is 532. The maximum Gasteiger partial charge on any atom is 0.139 e. The molecule has 0 bridgehead atoms. The Morgan fingerprint density at radius 3 is 2.35 bits per heavy atom. The molecule has 2 N–H and O–H groups in total. The van der Waals surface area contributed by atoms with Crippen LogP contribution in [0.5, 0.6) is 0 Å². The minimum atomic E-state index is -0.762. The molecule has 1 aliphatic carbocycles. The van der Waals surface area contributed by atoms with Gasteiger partial charge >= 0.3 is 0 Å². The van der Waals surface area contributed by atoms with Gasteiger partial charge in [0.2, 0.25) is 0 Å². The predicted molar refractivity (Wildman–Crippen MR) is 94.1 cm³/mol. The fourth-order valence-electron chi connectivity index (χ4n) is 4.23. The van der Waals surface area contributed by atoms with Crippen LogP contribution in [-0.2, 0) is 5.60 Å². The summed E-state index contributed by atoms with van der Waals surface area (Å²) < 4.78 is 0. The van der Waals surface area contributed by atoms with Crippen LogP contribution in [-0.4, -0.2) is 24.7 Å². The van der Waals surface area contributed by atoms with Crippen molar-refractivity contribution in [2.75, 3.05) is 19.6 Å². The number of hydrogen-bond donors (Lipinski definition) is 2. The van der Waals surface area contributed by atoms with E-state index in [2.05, 4.69) is 24.0 Å². The average molecular weight is 312 g/mol. The van der Waals surface area contributed by atoms with Gasteiger partial charge in [0.05, 0.1) is 13.1 Å². The van der Waals surface area contributed by atoms with Crippen molar-refractivity contribution in [1.29, 1.82) is 0 Å². The number of nitrogens with one attached hydrogen (secondary N) is 1. The maximum absolute atomic E-state index is 11.4. The van der Waals surface area contributed by atoms with Crippen molar-refractivity contribution in [1.82, 2.24) is 0 Å². The van der Waals surface area contributed by atoms with Gasteiger partial charge in [0, 0.05) is 6.42 Å². The third kappa shape index (κ3) is 4.16. The highest BCUT2D eigenvalue weighted by molar-refractivity contribution is 5.26. The molecule has 124 valence electrons. The van der Waals surface area contributed by atoms with E-state index in [9.17, 15) is 5.11 Å². The number of benzene rings is 1. The predicted octanol–water partition coefficient (Wildman–Crippen LogP) is 2.53. The third-order valence-electron chi connectivity index (χ3n) is 5.69. The Morgan fingerprint density at radius 2 is 1.65 bits per heavy atom. The number of quaternary nitrogens is 1. The molecule has 1 atom stereocenters. The summed E-state index contributed by atoms with van der Waals surface area (Å²) in [7, 11) is 0. The quantitative estimate of drug-likeness (QED) is 0.821. The molecular formula is C21H30NO+. The molecule has 0 aromatic heterocycles. The zero-order chi connectivity index (χ0) is 16.0. The minimum Gasteiger partial charge on any atom is -0.384 e. The summed E-state index contributed by atoms with van der Waals surface area (Å²) in [6, 6.07) is 10.2. The van der Waals surface area contributed by atoms with Gasteiger partial charge in [-0.1, -0.05) is 49.1 Å². The SMILES string of the molecule is O[C@@](CC#CC[NH+]1CCCCC1)(c1ccccc1)C1CCCC1. The Hall–Kier alpha value is -1.30. The van der Waals surface area contributed by atoms with Gasteiger partial charge in [-0.05, 0) is 49.5 Å². The van der Waals surface area contributed by atoms with Gasteiger partial charge in [-0.3, -0.25) is 0 Å². The van der Waals surface area contributed by atoms with Crippen molar-refractivity contribution in [2.45, 2.75) is 57.0 Å². The van der Waals surface area contributed by atoms with Gasteiger partial charge in [-0.2, -0.15) is 0 Å². The molecule has 0 radical (unpaired) electrons. The van der Waals surface area contributed by atoms with E-state index in [1.54, 1.807) is 4.90 Å². The molecule has 0 spiro atoms. The van der Waals surface area contributed by atoms with E-state index in [0.717, 1.165) is 24.9 Å². The van der Waals surface area contributed by atoms with Crippen LogP contribution in [0.3, 0.4) is 0 Å². The van der Waals surface area contributed by atoms with Crippen LogP contribution in [0.25, 0.3) is 0 Å². The molecule has 0 amide bonds. The van der Waals surface area contributed by atoms with Crippen LogP contribution in [0.1, 0.15) is 56.9 Å². The first-order chi connectivity index (χ1) is 11.3. The second kappa shape index (κ2) is 7.99. The molecule has 1 saturated heterocycles. The van der Waals surface area contributed by atoms with E-state index < -0.39 is 5.60 Å². The maximum atomic E-state index is 11.4. The average Bonchev–Trinajstić information content (AvgIpc) is 3.15. The van der Waals surface area contributed by atoms with E-state index in [1.807, 2.05) is 18.2 Å². The van der Waals surface area contributed by atoms with Crippen LogP contribution < -0.4 is 4.90 Å². The molecule has 1 aromatic carbocycles. The van der Waals surface area contributed by atoms with E-state index in [0.29, 0.717) is 12.3 Å². The van der Waals surface area contributed by atoms with Gasteiger partial charge in [0.25, 0.3) is 0 Å². The minimum absolute atomic E-state index is 0.363. The van der Waals surface area contributed by atoms with Crippen molar-refractivity contribution in [3.05, 3.63) is 35.9 Å². The molecule has 2 nitrogen and oxygen atoms in total. The third-order valence-corrected chi connectivity index (χ3v) is 5.69. The summed E-state index contributed by atoms with van der Waals surface area (Å²) in [6.45, 7) is 3.47. The largest absolute Gasteiger partial charge is 0.384 e. The zero-order valence-corrected chi connectivity index (χ0v) is 14.2. The molecule has 2 fully saturated rings. The molecule has 0 unspecified atom stereocenters. The summed E-state index contributed by atoms with van der Waals surface area (Å²) in [5.74, 6) is 7.05. The number of aliphatic hydroxyl groups is 1. The van der Waals surface area contributed by atoms with Crippen molar-refractivity contribution >= 4 is 0 Å². The van der Waals surface area contributed by atoms with Gasteiger partial charge in [-0.25, -0.2) is 0 Å². The molecule has 1 heterocycles. The van der Waals surface area contributed by atoms with Crippen LogP contribution in [0.2, 0.25) is 0 Å². The number of rotatable bonds is 4. The van der Waals surface area contributed by atoms with Gasteiger partial charge in [0.1, 0.15) is 12.1 Å². The standard InChI is InChI=1S/C21H29NO/c23-21(20-13-5-6-14-20,19-11-3-1-4-12-19)15-7-10-18-22-16-8-2-9-17-22/h1,3-4,11-12,20,23H,2,5-6,8-9,13-18H2/p+1/t21-/m0/s1. The van der Waals surface area contributed by atoms with Crippen LogP contribution >= 0.6 is 0 Å². The lowest BCUT2D eigenvalue weighted by molar-refractivity contribution is -0.897. The molecule has 1 aliphatic heterocycles. The molecule has 23 heavy (non-hydrogen) atoms. The fourth-order valence-corrected chi connectivity index (χ4v) is 4.23. The monoisotopic (exact) mass is 312 g/mol. The summed E-state index contributed by atoms with van der Waals surface area (Å²) in [4.78, 5) is 1.62. The van der Waals surface area contributed by atoms with Crippen molar-refractivity contribution in [3.8, 4) is 11.8 Å². The summed E-state index contributed by atoms with van der Waals surface area (Å²) in [5.41, 5.74) is 0.286. The summed E-state index contributed by atoms with van der Waals surface area (Å²) in [5, 5.41) is 11.4. The lowest BCUT2D eigenvalue weighted by Gasteiger charge is -2.33. The molecular weight excluding hydrogens is 282 g/mol. The summed E-state index contributed by atoms with van der Waals surface area (Å²) >= 11 is 0. The highest BCUT2D eigenvalue weighted by Gasteiger charge is 2.39. The molecule has 2 aliphatic rings. The number of hydrogen-bond acceptors (Lipinski definition) is 1. The topological polar surface area (TPSA) is 24.7 Å². The highest BCUT2D eigenvalue weighted by atomic mass is 16.3. The lowest BCUT2D eigenvalue weighted by Crippen LogP contribution is -3.12. The molecule has 2 heteroatoms. The second-order valence-corrected chi connectivity index (χ2v) is 7.29. The van der Waals surface area contributed by atoms with Crippen LogP contribution in [0, 0.1) is 17.8 Å². The van der Waals surface area contributed by atoms with Crippen LogP contribution in [0.4, 0.5) is 0 Å². The Kier molecular flexibility index (Phi) is 5.75. The first kappa shape index (κ1) is 16.6. The van der Waals surface area contributed by atoms with Crippen molar-refractivity contribution < 1.29 is 10.0 Å². The zero-order valence-electron chi connectivity index (χ0n) is 14.2. The van der Waals surface area contributed by atoms with E-state index in [1.165, 1.54) is 45.2 Å². The number of piperidine rings is 1. The first-order valence-corrected chi connectivity index (χ1v) is 9.36. The van der Waals surface area contributed by atoms with E-state index in [4.69, 9.17) is 0 Å². The summed E-state index contributed by atoms with van der Waals surface area (Å²) in [6.07, 6.45) is 9.38. The lowest BCUT2D eigenvalue weighted by atomic mass is 9.78. The number of likely N-dealkylation sites (tertiary alicyclic amines) is 1. The van der Waals surface area contributed by atoms with E-state index >= 15 is 0 Å². The first-order valence-electron chi connectivity index (χ1n) is 9.36. The Morgan fingerprint density at radius 1 is 0.957 bits per heavy atom. The van der Waals surface area contributed by atoms with Crippen molar-refractivity contribution in [3.63, 3.8) is 0 Å². The smallest absolute Gasteiger partial charge is 0.139 e. The Balaban J connectivity index is 1.67. The Labute approximate surface area is 140 Å². The molecule has 1 saturated carbocycles. The normalized spacial score (nSPS) is 22.3. The van der Waals surface area contributed by atoms with Gasteiger partial charge < -0.3 is 10.0 Å². The van der Waals surface area contributed by atoms with Gasteiger partial charge in [0.15, 0.2) is 0 Å². The fraction of sp³-hybridized carbons (Fsp3) is 0.619. The van der Waals surface area contributed by atoms with Gasteiger partial charge in [-0.15, -0.1) is 0 Å². The van der Waals surface area contributed by atoms with Crippen LogP contribution in [0.15, 0.2) is 30.3 Å². The second-order valence-electron chi connectivity index (χ2n) is 7.29. The molecule has 1 aromatic rings. The van der Waals surface area contributed by atoms with E-state index in [-0.39, 0.29) is 0 Å².